The van der Waals surface area contributed by atoms with E-state index in [1.807, 2.05) is 13.0 Å². The largest absolute Gasteiger partial charge is 0.392 e. The Labute approximate surface area is 126 Å². The van der Waals surface area contributed by atoms with Crippen molar-refractivity contribution in [3.8, 4) is 0 Å². The molecule has 2 heteroatoms. The van der Waals surface area contributed by atoms with E-state index in [1.54, 1.807) is 6.07 Å². The van der Waals surface area contributed by atoms with Crippen LogP contribution < -0.4 is 0 Å². The van der Waals surface area contributed by atoms with Gasteiger partial charge in [0.2, 0.25) is 0 Å². The van der Waals surface area contributed by atoms with E-state index in [4.69, 9.17) is 0 Å². The topological polar surface area (TPSA) is 20.2 Å². The standard InChI is InChI=1S/C19H25FO/c1-11-2-3-17(20)9-14(11)10-18(21)19-15-5-12-4-13(7-15)8-16(19)6-12/h2-3,9,12-13,15-16,18-19,21H,4-8,10H2,1H3. The first-order valence-corrected chi connectivity index (χ1v) is 8.53. The minimum absolute atomic E-state index is 0.187. The van der Waals surface area contributed by atoms with Crippen molar-refractivity contribution in [3.63, 3.8) is 0 Å². The van der Waals surface area contributed by atoms with Crippen LogP contribution in [0.25, 0.3) is 0 Å². The Bertz CT molecular complexity index is 510. The summed E-state index contributed by atoms with van der Waals surface area (Å²) >= 11 is 0. The normalized spacial score (nSPS) is 38.7. The van der Waals surface area contributed by atoms with Crippen molar-refractivity contribution in [2.24, 2.45) is 29.6 Å². The number of aliphatic hydroxyl groups is 1. The molecule has 4 saturated carbocycles. The van der Waals surface area contributed by atoms with E-state index in [0.717, 1.165) is 34.8 Å². The predicted octanol–water partition coefficient (Wildman–Crippen LogP) is 4.11. The van der Waals surface area contributed by atoms with Crippen LogP contribution in [0.3, 0.4) is 0 Å². The van der Waals surface area contributed by atoms with Crippen molar-refractivity contribution in [2.75, 3.05) is 0 Å². The lowest BCUT2D eigenvalue weighted by Gasteiger charge is -2.55. The van der Waals surface area contributed by atoms with E-state index in [0.29, 0.717) is 12.3 Å². The molecule has 4 bridgehead atoms. The third kappa shape index (κ3) is 2.42. The van der Waals surface area contributed by atoms with Crippen molar-refractivity contribution in [3.05, 3.63) is 35.1 Å². The predicted molar refractivity (Wildman–Crippen MR) is 81.4 cm³/mol. The Kier molecular flexibility index (Phi) is 3.33. The van der Waals surface area contributed by atoms with E-state index in [2.05, 4.69) is 0 Å². The van der Waals surface area contributed by atoms with Gasteiger partial charge in [-0.15, -0.1) is 0 Å². The smallest absolute Gasteiger partial charge is 0.123 e. The van der Waals surface area contributed by atoms with Gasteiger partial charge in [-0.3, -0.25) is 0 Å². The molecule has 4 aliphatic carbocycles. The lowest BCUT2D eigenvalue weighted by molar-refractivity contribution is -0.0888. The lowest BCUT2D eigenvalue weighted by Crippen LogP contribution is -2.49. The van der Waals surface area contributed by atoms with Crippen LogP contribution in [0.15, 0.2) is 18.2 Å². The van der Waals surface area contributed by atoms with Gasteiger partial charge in [-0.1, -0.05) is 6.07 Å². The number of aryl methyl sites for hydroxylation is 1. The summed E-state index contributed by atoms with van der Waals surface area (Å²) in [6.45, 7) is 2.01. The van der Waals surface area contributed by atoms with Gasteiger partial charge in [0.1, 0.15) is 5.82 Å². The molecule has 0 aliphatic heterocycles. The van der Waals surface area contributed by atoms with Crippen molar-refractivity contribution in [2.45, 2.75) is 51.6 Å². The van der Waals surface area contributed by atoms with Crippen LogP contribution in [-0.2, 0) is 6.42 Å². The molecule has 0 spiro atoms. The molecule has 1 unspecified atom stereocenters. The van der Waals surface area contributed by atoms with Gasteiger partial charge < -0.3 is 5.11 Å². The third-order valence-electron chi connectivity index (χ3n) is 6.48. The van der Waals surface area contributed by atoms with Gasteiger partial charge >= 0.3 is 0 Å². The highest BCUT2D eigenvalue weighted by Gasteiger charge is 2.50. The summed E-state index contributed by atoms with van der Waals surface area (Å²) in [5, 5.41) is 10.8. The van der Waals surface area contributed by atoms with Crippen molar-refractivity contribution in [1.29, 1.82) is 0 Å². The first-order chi connectivity index (χ1) is 10.1. The first kappa shape index (κ1) is 13.8. The number of benzene rings is 1. The number of hydrogen-bond donors (Lipinski definition) is 1. The van der Waals surface area contributed by atoms with Crippen LogP contribution in [0, 0.1) is 42.3 Å². The second-order valence-corrected chi connectivity index (χ2v) is 7.85. The Morgan fingerprint density at radius 3 is 2.33 bits per heavy atom. The summed E-state index contributed by atoms with van der Waals surface area (Å²) in [5.41, 5.74) is 2.08. The highest BCUT2D eigenvalue weighted by molar-refractivity contribution is 5.27. The molecule has 4 aliphatic rings. The summed E-state index contributed by atoms with van der Waals surface area (Å²) in [4.78, 5) is 0. The summed E-state index contributed by atoms with van der Waals surface area (Å²) in [7, 11) is 0. The molecule has 4 fully saturated rings. The SMILES string of the molecule is Cc1ccc(F)cc1CC(O)C1C2CC3CC(C2)CC1C3. The monoisotopic (exact) mass is 288 g/mol. The van der Waals surface area contributed by atoms with Gasteiger partial charge in [-0.2, -0.15) is 0 Å². The van der Waals surface area contributed by atoms with Crippen LogP contribution in [-0.4, -0.2) is 11.2 Å². The van der Waals surface area contributed by atoms with Crippen LogP contribution >= 0.6 is 0 Å². The second-order valence-electron chi connectivity index (χ2n) is 7.85. The molecule has 0 saturated heterocycles. The highest BCUT2D eigenvalue weighted by Crippen LogP contribution is 2.57. The number of aliphatic hydroxyl groups excluding tert-OH is 1. The maximum atomic E-state index is 13.4. The minimum Gasteiger partial charge on any atom is -0.392 e. The molecule has 0 radical (unpaired) electrons. The fourth-order valence-electron chi connectivity index (χ4n) is 5.82. The van der Waals surface area contributed by atoms with Crippen LogP contribution in [0.4, 0.5) is 4.39 Å². The molecule has 1 aromatic carbocycles. The Morgan fingerprint density at radius 2 is 1.71 bits per heavy atom. The molecule has 0 aromatic heterocycles. The average Bonchev–Trinajstić information content (AvgIpc) is 2.41. The van der Waals surface area contributed by atoms with E-state index < -0.39 is 0 Å². The zero-order valence-corrected chi connectivity index (χ0v) is 12.8. The highest BCUT2D eigenvalue weighted by atomic mass is 19.1. The molecule has 114 valence electrons. The molecule has 0 amide bonds. The van der Waals surface area contributed by atoms with Crippen LogP contribution in [0.1, 0.15) is 43.2 Å². The average molecular weight is 288 g/mol. The van der Waals surface area contributed by atoms with Crippen molar-refractivity contribution in [1.82, 2.24) is 0 Å². The number of hydrogen-bond acceptors (Lipinski definition) is 1. The van der Waals surface area contributed by atoms with Gasteiger partial charge in [-0.25, -0.2) is 4.39 Å². The van der Waals surface area contributed by atoms with Gasteiger partial charge in [0.25, 0.3) is 0 Å². The summed E-state index contributed by atoms with van der Waals surface area (Å²) in [6.07, 6.45) is 7.09. The molecular weight excluding hydrogens is 263 g/mol. The third-order valence-corrected chi connectivity index (χ3v) is 6.48. The molecular formula is C19H25FO. The summed E-state index contributed by atoms with van der Waals surface area (Å²) in [6, 6.07) is 4.94. The van der Waals surface area contributed by atoms with Gasteiger partial charge in [0.05, 0.1) is 6.10 Å². The molecule has 5 rings (SSSR count). The Balaban J connectivity index is 1.52. The molecule has 0 heterocycles. The minimum atomic E-state index is -0.291. The molecule has 1 atom stereocenters. The van der Waals surface area contributed by atoms with Gasteiger partial charge in [-0.05, 0) is 98.3 Å². The fraction of sp³-hybridized carbons (Fsp3) is 0.684. The molecule has 1 N–H and O–H groups in total. The zero-order chi connectivity index (χ0) is 14.6. The maximum absolute atomic E-state index is 13.4. The molecule has 21 heavy (non-hydrogen) atoms. The van der Waals surface area contributed by atoms with E-state index >= 15 is 0 Å². The first-order valence-electron chi connectivity index (χ1n) is 8.53. The maximum Gasteiger partial charge on any atom is 0.123 e. The molecule has 1 nitrogen and oxygen atoms in total. The van der Waals surface area contributed by atoms with Crippen molar-refractivity contribution >= 4 is 0 Å². The van der Waals surface area contributed by atoms with E-state index in [1.165, 1.54) is 38.2 Å². The molecule has 1 aromatic rings. The van der Waals surface area contributed by atoms with Gasteiger partial charge in [0.15, 0.2) is 0 Å². The fourth-order valence-corrected chi connectivity index (χ4v) is 5.82. The zero-order valence-electron chi connectivity index (χ0n) is 12.8. The number of rotatable bonds is 3. The van der Waals surface area contributed by atoms with E-state index in [-0.39, 0.29) is 11.9 Å². The quantitative estimate of drug-likeness (QED) is 0.887. The lowest BCUT2D eigenvalue weighted by atomic mass is 9.50. The van der Waals surface area contributed by atoms with E-state index in [9.17, 15) is 9.50 Å². The Hall–Kier alpha value is -0.890. The second kappa shape index (κ2) is 5.08. The summed E-state index contributed by atoms with van der Waals surface area (Å²) < 4.78 is 13.4. The van der Waals surface area contributed by atoms with Gasteiger partial charge in [0, 0.05) is 0 Å². The van der Waals surface area contributed by atoms with Crippen molar-refractivity contribution < 1.29 is 9.50 Å². The van der Waals surface area contributed by atoms with Crippen LogP contribution in [0.2, 0.25) is 0 Å². The summed E-state index contributed by atoms with van der Waals surface area (Å²) in [5.74, 6) is 3.60. The number of halogens is 1. The van der Waals surface area contributed by atoms with Crippen LogP contribution in [0.5, 0.6) is 0 Å². The Morgan fingerprint density at radius 1 is 1.10 bits per heavy atom.